The first-order chi connectivity index (χ1) is 17.7. The molecule has 9 heteroatoms. The molecule has 1 fully saturated rings. The molecule has 3 aromatic carbocycles. The SMILES string of the molecule is CC(NS(=O)(=O)c1cc(NC(=O)Cc2ccccc2)ccc1N1CCC(C(N)=O)CC1)c1ccccc1. The van der Waals surface area contributed by atoms with Gasteiger partial charge in [-0.15, -0.1) is 0 Å². The van der Waals surface area contributed by atoms with Gasteiger partial charge in [0.2, 0.25) is 21.8 Å². The van der Waals surface area contributed by atoms with Crippen molar-refractivity contribution in [2.24, 2.45) is 11.7 Å². The number of nitrogens with one attached hydrogen (secondary N) is 2. The van der Waals surface area contributed by atoms with E-state index in [2.05, 4.69) is 10.0 Å². The Morgan fingerprint density at radius 1 is 0.973 bits per heavy atom. The summed E-state index contributed by atoms with van der Waals surface area (Å²) < 4.78 is 30.1. The number of piperidine rings is 1. The lowest BCUT2D eigenvalue weighted by Gasteiger charge is -2.33. The summed E-state index contributed by atoms with van der Waals surface area (Å²) in [6.45, 7) is 2.80. The molecule has 1 heterocycles. The molecule has 194 valence electrons. The van der Waals surface area contributed by atoms with E-state index in [9.17, 15) is 18.0 Å². The summed E-state index contributed by atoms with van der Waals surface area (Å²) in [4.78, 5) is 26.3. The first-order valence-electron chi connectivity index (χ1n) is 12.3. The van der Waals surface area contributed by atoms with Gasteiger partial charge in [-0.3, -0.25) is 9.59 Å². The highest BCUT2D eigenvalue weighted by Gasteiger charge is 2.29. The number of nitrogens with zero attached hydrogens (tertiary/aromatic N) is 1. The Bertz CT molecular complexity index is 1340. The lowest BCUT2D eigenvalue weighted by molar-refractivity contribution is -0.122. The Labute approximate surface area is 217 Å². The van der Waals surface area contributed by atoms with Gasteiger partial charge in [-0.2, -0.15) is 0 Å². The molecule has 4 N–H and O–H groups in total. The van der Waals surface area contributed by atoms with Crippen molar-refractivity contribution < 1.29 is 18.0 Å². The van der Waals surface area contributed by atoms with Gasteiger partial charge in [0.15, 0.2) is 0 Å². The van der Waals surface area contributed by atoms with E-state index in [0.717, 1.165) is 11.1 Å². The van der Waals surface area contributed by atoms with Gasteiger partial charge >= 0.3 is 0 Å². The number of carbonyl (C=O) groups excluding carboxylic acids is 2. The molecule has 37 heavy (non-hydrogen) atoms. The molecule has 3 aromatic rings. The lowest BCUT2D eigenvalue weighted by atomic mass is 9.96. The van der Waals surface area contributed by atoms with Crippen molar-refractivity contribution in [1.29, 1.82) is 0 Å². The molecule has 0 spiro atoms. The molecule has 1 aliphatic heterocycles. The number of rotatable bonds is 9. The van der Waals surface area contributed by atoms with Crippen molar-refractivity contribution in [1.82, 2.24) is 4.72 Å². The third-order valence-electron chi connectivity index (χ3n) is 6.61. The molecule has 0 saturated carbocycles. The van der Waals surface area contributed by atoms with E-state index in [1.807, 2.05) is 65.6 Å². The molecule has 0 aromatic heterocycles. The molecular weight excluding hydrogens is 488 g/mol. The number of sulfonamides is 1. The van der Waals surface area contributed by atoms with Crippen LogP contribution in [0.2, 0.25) is 0 Å². The van der Waals surface area contributed by atoms with Crippen LogP contribution in [0.4, 0.5) is 11.4 Å². The number of hydrogen-bond donors (Lipinski definition) is 3. The van der Waals surface area contributed by atoms with Crippen LogP contribution in [-0.4, -0.2) is 33.3 Å². The van der Waals surface area contributed by atoms with Crippen molar-refractivity contribution in [3.63, 3.8) is 0 Å². The zero-order valence-corrected chi connectivity index (χ0v) is 21.6. The Morgan fingerprint density at radius 2 is 1.59 bits per heavy atom. The monoisotopic (exact) mass is 520 g/mol. The number of carbonyl (C=O) groups is 2. The standard InChI is InChI=1S/C28H32N4O4S/c1-20(22-10-6-3-7-11-22)31-37(35,36)26-19-24(30-27(33)18-21-8-4-2-5-9-21)12-13-25(26)32-16-14-23(15-17-32)28(29)34/h2-13,19-20,23,31H,14-18H2,1H3,(H2,29,34)(H,30,33). The average molecular weight is 521 g/mol. The zero-order chi connectivity index (χ0) is 26.4. The highest BCUT2D eigenvalue weighted by Crippen LogP contribution is 2.32. The second kappa shape index (κ2) is 11.6. The van der Waals surface area contributed by atoms with E-state index in [-0.39, 0.29) is 29.0 Å². The molecule has 1 unspecified atom stereocenters. The molecule has 4 rings (SSSR count). The number of amides is 2. The predicted molar refractivity (Wildman–Crippen MR) is 145 cm³/mol. The molecule has 1 atom stereocenters. The minimum Gasteiger partial charge on any atom is -0.370 e. The van der Waals surface area contributed by atoms with Crippen LogP contribution in [0.3, 0.4) is 0 Å². The molecular formula is C28H32N4O4S. The molecule has 1 aliphatic rings. The van der Waals surface area contributed by atoms with Crippen LogP contribution >= 0.6 is 0 Å². The first-order valence-corrected chi connectivity index (χ1v) is 13.8. The fourth-order valence-corrected chi connectivity index (χ4v) is 6.05. The fourth-order valence-electron chi connectivity index (χ4n) is 4.57. The largest absolute Gasteiger partial charge is 0.370 e. The Kier molecular flexibility index (Phi) is 8.25. The topological polar surface area (TPSA) is 122 Å². The van der Waals surface area contributed by atoms with E-state index < -0.39 is 16.1 Å². The van der Waals surface area contributed by atoms with Gasteiger partial charge in [-0.1, -0.05) is 60.7 Å². The third-order valence-corrected chi connectivity index (χ3v) is 8.18. The van der Waals surface area contributed by atoms with Gasteiger partial charge in [-0.05, 0) is 49.1 Å². The number of hydrogen-bond acceptors (Lipinski definition) is 5. The van der Waals surface area contributed by atoms with E-state index in [1.54, 1.807) is 19.1 Å². The molecule has 1 saturated heterocycles. The van der Waals surface area contributed by atoms with E-state index in [0.29, 0.717) is 37.3 Å². The molecule has 0 aliphatic carbocycles. The molecule has 0 radical (unpaired) electrons. The maximum Gasteiger partial charge on any atom is 0.243 e. The fraction of sp³-hybridized carbons (Fsp3) is 0.286. The van der Waals surface area contributed by atoms with Crippen LogP contribution < -0.4 is 20.7 Å². The summed E-state index contributed by atoms with van der Waals surface area (Å²) in [6.07, 6.45) is 1.28. The molecule has 0 bridgehead atoms. The number of primary amides is 1. The molecule has 2 amide bonds. The van der Waals surface area contributed by atoms with Crippen molar-refractivity contribution in [2.75, 3.05) is 23.3 Å². The van der Waals surface area contributed by atoms with Crippen LogP contribution in [0.25, 0.3) is 0 Å². The predicted octanol–water partition coefficient (Wildman–Crippen LogP) is 3.61. The van der Waals surface area contributed by atoms with Gasteiger partial charge < -0.3 is 16.0 Å². The van der Waals surface area contributed by atoms with Gasteiger partial charge in [0, 0.05) is 30.7 Å². The van der Waals surface area contributed by atoms with Crippen molar-refractivity contribution in [2.45, 2.75) is 37.1 Å². The van der Waals surface area contributed by atoms with Crippen LogP contribution in [-0.2, 0) is 26.0 Å². The maximum atomic E-state index is 13.7. The smallest absolute Gasteiger partial charge is 0.243 e. The van der Waals surface area contributed by atoms with E-state index in [4.69, 9.17) is 5.73 Å². The van der Waals surface area contributed by atoms with Crippen LogP contribution in [0.5, 0.6) is 0 Å². The van der Waals surface area contributed by atoms with E-state index in [1.165, 1.54) is 6.07 Å². The average Bonchev–Trinajstić information content (AvgIpc) is 2.89. The highest BCUT2D eigenvalue weighted by molar-refractivity contribution is 7.89. The minimum absolute atomic E-state index is 0.0744. The van der Waals surface area contributed by atoms with Crippen LogP contribution in [0.15, 0.2) is 83.8 Å². The van der Waals surface area contributed by atoms with Gasteiger partial charge in [-0.25, -0.2) is 13.1 Å². The first kappa shape index (κ1) is 26.4. The number of nitrogens with two attached hydrogens (primary N) is 1. The Hall–Kier alpha value is -3.69. The quantitative estimate of drug-likeness (QED) is 0.398. The lowest BCUT2D eigenvalue weighted by Crippen LogP contribution is -2.39. The second-order valence-electron chi connectivity index (χ2n) is 9.31. The minimum atomic E-state index is -3.97. The maximum absolute atomic E-state index is 13.7. The Morgan fingerprint density at radius 3 is 2.22 bits per heavy atom. The number of anilines is 2. The Balaban J connectivity index is 1.61. The molecule has 8 nitrogen and oxygen atoms in total. The summed E-state index contributed by atoms with van der Waals surface area (Å²) in [5.41, 5.74) is 8.09. The van der Waals surface area contributed by atoms with Gasteiger partial charge in [0.05, 0.1) is 12.1 Å². The second-order valence-corrected chi connectivity index (χ2v) is 11.0. The summed E-state index contributed by atoms with van der Waals surface area (Å²) in [5.74, 6) is -0.790. The van der Waals surface area contributed by atoms with Crippen LogP contribution in [0.1, 0.15) is 36.9 Å². The number of benzene rings is 3. The zero-order valence-electron chi connectivity index (χ0n) is 20.8. The van der Waals surface area contributed by atoms with Gasteiger partial charge in [0.1, 0.15) is 4.90 Å². The highest BCUT2D eigenvalue weighted by atomic mass is 32.2. The summed E-state index contributed by atoms with van der Waals surface area (Å²) in [6, 6.07) is 23.1. The normalized spacial score (nSPS) is 15.2. The van der Waals surface area contributed by atoms with Crippen molar-refractivity contribution >= 4 is 33.2 Å². The van der Waals surface area contributed by atoms with Crippen LogP contribution in [0, 0.1) is 5.92 Å². The van der Waals surface area contributed by atoms with E-state index >= 15 is 0 Å². The van der Waals surface area contributed by atoms with Gasteiger partial charge in [0.25, 0.3) is 0 Å². The summed E-state index contributed by atoms with van der Waals surface area (Å²) in [5, 5.41) is 2.83. The third kappa shape index (κ3) is 6.75. The summed E-state index contributed by atoms with van der Waals surface area (Å²) in [7, 11) is -3.97. The summed E-state index contributed by atoms with van der Waals surface area (Å²) >= 11 is 0. The van der Waals surface area contributed by atoms with Crippen molar-refractivity contribution in [3.05, 3.63) is 90.0 Å². The van der Waals surface area contributed by atoms with Crippen molar-refractivity contribution in [3.8, 4) is 0 Å².